The van der Waals surface area contributed by atoms with E-state index in [0.717, 1.165) is 5.39 Å². The molecule has 6 heteroatoms. The third-order valence-electron chi connectivity index (χ3n) is 4.61. The normalized spacial score (nSPS) is 13.1. The number of hydrogen-bond donors (Lipinski definition) is 1. The van der Waals surface area contributed by atoms with E-state index in [1.165, 1.54) is 21.3 Å². The SMILES string of the molecule is COc1cc(C2=C(O)c3cc4ccccc4nc3C2=O)cc(OC)c1OC. The van der Waals surface area contributed by atoms with Crippen molar-refractivity contribution < 1.29 is 24.1 Å². The van der Waals surface area contributed by atoms with E-state index in [4.69, 9.17) is 14.2 Å². The Kier molecular flexibility index (Phi) is 3.96. The second-order valence-corrected chi connectivity index (χ2v) is 6.04. The number of aromatic nitrogens is 1. The van der Waals surface area contributed by atoms with Crippen LogP contribution in [0.2, 0.25) is 0 Å². The largest absolute Gasteiger partial charge is 0.506 e. The number of pyridine rings is 1. The molecule has 0 spiro atoms. The summed E-state index contributed by atoms with van der Waals surface area (Å²) >= 11 is 0. The van der Waals surface area contributed by atoms with Crippen LogP contribution >= 0.6 is 0 Å². The molecule has 1 N–H and O–H groups in total. The van der Waals surface area contributed by atoms with Gasteiger partial charge in [0.2, 0.25) is 11.5 Å². The number of fused-ring (bicyclic) bond motifs is 2. The van der Waals surface area contributed by atoms with Crippen molar-refractivity contribution in [3.8, 4) is 17.2 Å². The maximum atomic E-state index is 13.0. The minimum absolute atomic E-state index is 0.109. The summed E-state index contributed by atoms with van der Waals surface area (Å²) in [5.74, 6) is 0.753. The second kappa shape index (κ2) is 6.32. The fourth-order valence-corrected chi connectivity index (χ4v) is 3.32. The maximum absolute atomic E-state index is 13.0. The van der Waals surface area contributed by atoms with Crippen LogP contribution in [0.5, 0.6) is 17.2 Å². The van der Waals surface area contributed by atoms with Crippen molar-refractivity contribution in [2.24, 2.45) is 0 Å². The number of carbonyl (C=O) groups excluding carboxylic acids is 1. The van der Waals surface area contributed by atoms with Gasteiger partial charge < -0.3 is 19.3 Å². The van der Waals surface area contributed by atoms with Crippen molar-refractivity contribution in [1.82, 2.24) is 4.98 Å². The topological polar surface area (TPSA) is 77.9 Å². The predicted octanol–water partition coefficient (Wildman–Crippen LogP) is 3.88. The highest BCUT2D eigenvalue weighted by atomic mass is 16.5. The Labute approximate surface area is 155 Å². The van der Waals surface area contributed by atoms with Gasteiger partial charge in [-0.1, -0.05) is 18.2 Å². The van der Waals surface area contributed by atoms with Crippen LogP contribution in [0.15, 0.2) is 42.5 Å². The summed E-state index contributed by atoms with van der Waals surface area (Å²) in [5, 5.41) is 11.6. The summed E-state index contributed by atoms with van der Waals surface area (Å²) in [6.07, 6.45) is 0. The third kappa shape index (κ3) is 2.49. The van der Waals surface area contributed by atoms with E-state index in [2.05, 4.69) is 4.98 Å². The number of aliphatic hydroxyl groups is 1. The number of ketones is 1. The lowest BCUT2D eigenvalue weighted by molar-refractivity contribution is 0.105. The summed E-state index contributed by atoms with van der Waals surface area (Å²) in [4.78, 5) is 17.5. The molecule has 0 saturated heterocycles. The van der Waals surface area contributed by atoms with Crippen molar-refractivity contribution in [3.63, 3.8) is 0 Å². The lowest BCUT2D eigenvalue weighted by Gasteiger charge is -2.14. The van der Waals surface area contributed by atoms with Gasteiger partial charge in [0.25, 0.3) is 0 Å². The first-order chi connectivity index (χ1) is 13.1. The number of benzene rings is 2. The van der Waals surface area contributed by atoms with E-state index < -0.39 is 0 Å². The first-order valence-electron chi connectivity index (χ1n) is 8.27. The molecule has 3 aromatic rings. The Morgan fingerprint density at radius 1 is 0.926 bits per heavy atom. The number of nitrogens with zero attached hydrogens (tertiary/aromatic N) is 1. The van der Waals surface area contributed by atoms with Gasteiger partial charge in [0, 0.05) is 10.9 Å². The molecule has 0 unspecified atom stereocenters. The number of carbonyl (C=O) groups is 1. The van der Waals surface area contributed by atoms with Crippen LogP contribution in [0.4, 0.5) is 0 Å². The Bertz CT molecular complexity index is 1090. The minimum atomic E-state index is -0.345. The van der Waals surface area contributed by atoms with Crippen LogP contribution < -0.4 is 14.2 Å². The van der Waals surface area contributed by atoms with Crippen molar-refractivity contribution >= 4 is 28.0 Å². The summed E-state index contributed by atoms with van der Waals surface area (Å²) in [6, 6.07) is 12.5. The molecule has 2 aromatic carbocycles. The molecule has 6 nitrogen and oxygen atoms in total. The Morgan fingerprint density at radius 2 is 1.59 bits per heavy atom. The molecule has 1 aromatic heterocycles. The highest BCUT2D eigenvalue weighted by molar-refractivity contribution is 6.38. The van der Waals surface area contributed by atoms with E-state index in [1.807, 2.05) is 24.3 Å². The zero-order chi connectivity index (χ0) is 19.1. The summed E-state index contributed by atoms with van der Waals surface area (Å²) in [6.45, 7) is 0. The molecular formula is C21H17NO5. The molecule has 27 heavy (non-hydrogen) atoms. The second-order valence-electron chi connectivity index (χ2n) is 6.04. The quantitative estimate of drug-likeness (QED) is 0.758. The fourth-order valence-electron chi connectivity index (χ4n) is 3.32. The van der Waals surface area contributed by atoms with E-state index in [0.29, 0.717) is 33.9 Å². The Hall–Kier alpha value is -3.54. The van der Waals surface area contributed by atoms with Gasteiger partial charge >= 0.3 is 0 Å². The summed E-state index contributed by atoms with van der Waals surface area (Å²) in [7, 11) is 4.49. The van der Waals surface area contributed by atoms with Crippen LogP contribution in [-0.2, 0) is 0 Å². The average Bonchev–Trinajstić information content (AvgIpc) is 2.95. The number of ether oxygens (including phenoxy) is 3. The first kappa shape index (κ1) is 16.9. The van der Waals surface area contributed by atoms with Crippen molar-refractivity contribution in [2.45, 2.75) is 0 Å². The third-order valence-corrected chi connectivity index (χ3v) is 4.61. The van der Waals surface area contributed by atoms with Gasteiger partial charge in [-0.15, -0.1) is 0 Å². The number of Topliss-reactive ketones (excluding diaryl/α,β-unsaturated/α-hetero) is 1. The monoisotopic (exact) mass is 363 g/mol. The van der Waals surface area contributed by atoms with E-state index in [1.54, 1.807) is 18.2 Å². The number of methoxy groups -OCH3 is 3. The number of rotatable bonds is 4. The van der Waals surface area contributed by atoms with Gasteiger partial charge in [0.1, 0.15) is 11.5 Å². The van der Waals surface area contributed by atoms with Gasteiger partial charge in [-0.3, -0.25) is 4.79 Å². The highest BCUT2D eigenvalue weighted by Crippen LogP contribution is 2.44. The average molecular weight is 363 g/mol. The summed E-state index contributed by atoms with van der Waals surface area (Å²) < 4.78 is 16.0. The standard InChI is InChI=1S/C21H17NO5/c1-25-15-9-12(10-16(26-2)21(15)27-3)17-19(23)13-8-11-6-4-5-7-14(11)22-18(13)20(17)24/h4-10,23H,1-3H3. The number of hydrogen-bond acceptors (Lipinski definition) is 6. The molecule has 1 aliphatic carbocycles. The molecule has 0 radical (unpaired) electrons. The van der Waals surface area contributed by atoms with Crippen molar-refractivity contribution in [1.29, 1.82) is 0 Å². The molecule has 0 saturated carbocycles. The van der Waals surface area contributed by atoms with E-state index >= 15 is 0 Å². The molecule has 0 fully saturated rings. The van der Waals surface area contributed by atoms with Gasteiger partial charge in [-0.25, -0.2) is 4.98 Å². The molecule has 0 aliphatic heterocycles. The van der Waals surface area contributed by atoms with Crippen LogP contribution in [0.3, 0.4) is 0 Å². The molecule has 0 bridgehead atoms. The van der Waals surface area contributed by atoms with Crippen LogP contribution in [0.1, 0.15) is 21.6 Å². The minimum Gasteiger partial charge on any atom is -0.506 e. The maximum Gasteiger partial charge on any atom is 0.216 e. The smallest absolute Gasteiger partial charge is 0.216 e. The lowest BCUT2D eigenvalue weighted by Crippen LogP contribution is -2.03. The highest BCUT2D eigenvalue weighted by Gasteiger charge is 2.33. The predicted molar refractivity (Wildman–Crippen MR) is 102 cm³/mol. The number of aliphatic hydroxyl groups excluding tert-OH is 1. The van der Waals surface area contributed by atoms with Crippen LogP contribution in [0.25, 0.3) is 22.2 Å². The molecule has 0 atom stereocenters. The Balaban J connectivity index is 1.93. The fraction of sp³-hybridized carbons (Fsp3) is 0.143. The Morgan fingerprint density at radius 3 is 2.22 bits per heavy atom. The zero-order valence-electron chi connectivity index (χ0n) is 15.1. The van der Waals surface area contributed by atoms with Crippen LogP contribution in [0, 0.1) is 0 Å². The molecule has 1 heterocycles. The lowest BCUT2D eigenvalue weighted by atomic mass is 10.0. The van der Waals surface area contributed by atoms with Gasteiger partial charge in [-0.2, -0.15) is 0 Å². The van der Waals surface area contributed by atoms with Crippen molar-refractivity contribution in [3.05, 3.63) is 59.3 Å². The molecule has 1 aliphatic rings. The first-order valence-corrected chi connectivity index (χ1v) is 8.27. The van der Waals surface area contributed by atoms with Crippen LogP contribution in [-0.4, -0.2) is 37.2 Å². The number of allylic oxidation sites excluding steroid dienone is 1. The van der Waals surface area contributed by atoms with E-state index in [9.17, 15) is 9.90 Å². The molecule has 136 valence electrons. The van der Waals surface area contributed by atoms with Gasteiger partial charge in [0.05, 0.1) is 32.4 Å². The molecule has 0 amide bonds. The van der Waals surface area contributed by atoms with Crippen molar-refractivity contribution in [2.75, 3.05) is 21.3 Å². The zero-order valence-corrected chi connectivity index (χ0v) is 15.1. The molecule has 4 rings (SSSR count). The van der Waals surface area contributed by atoms with Gasteiger partial charge in [0.15, 0.2) is 11.5 Å². The van der Waals surface area contributed by atoms with E-state index in [-0.39, 0.29) is 22.8 Å². The molecular weight excluding hydrogens is 346 g/mol. The van der Waals surface area contributed by atoms with Gasteiger partial charge in [-0.05, 0) is 29.8 Å². The summed E-state index contributed by atoms with van der Waals surface area (Å²) in [5.41, 5.74) is 1.97. The number of para-hydroxylation sites is 1.